The number of pyridine rings is 1. The summed E-state index contributed by atoms with van der Waals surface area (Å²) in [5.41, 5.74) is 0.901. The van der Waals surface area contributed by atoms with Gasteiger partial charge < -0.3 is 4.52 Å². The average Bonchev–Trinajstić information content (AvgIpc) is 3.46. The van der Waals surface area contributed by atoms with Crippen molar-refractivity contribution in [3.05, 3.63) is 58.6 Å². The summed E-state index contributed by atoms with van der Waals surface area (Å²) in [5, 5.41) is 14.0. The first-order chi connectivity index (χ1) is 13.4. The third-order valence-electron chi connectivity index (χ3n) is 3.60. The number of aromatic amines is 1. The van der Waals surface area contributed by atoms with E-state index in [1.54, 1.807) is 35.5 Å². The van der Waals surface area contributed by atoms with E-state index in [1.807, 2.05) is 35.7 Å². The van der Waals surface area contributed by atoms with E-state index in [-0.39, 0.29) is 0 Å². The van der Waals surface area contributed by atoms with Crippen LogP contribution in [-0.4, -0.2) is 36.1 Å². The van der Waals surface area contributed by atoms with Crippen molar-refractivity contribution < 1.29 is 4.52 Å². The van der Waals surface area contributed by atoms with Gasteiger partial charge in [-0.1, -0.05) is 23.0 Å². The smallest absolute Gasteiger partial charge is 0.226 e. The molecule has 4 aromatic rings. The maximum atomic E-state index is 5.31. The summed E-state index contributed by atoms with van der Waals surface area (Å²) in [5.74, 6) is 2.86. The summed E-state index contributed by atoms with van der Waals surface area (Å²) >= 11 is 3.29. The first-order valence-electron chi connectivity index (χ1n) is 8.36. The lowest BCUT2D eigenvalue weighted by Crippen LogP contribution is -1.89. The highest BCUT2D eigenvalue weighted by Crippen LogP contribution is 2.18. The fourth-order valence-electron chi connectivity index (χ4n) is 2.31. The zero-order valence-corrected chi connectivity index (χ0v) is 15.9. The van der Waals surface area contributed by atoms with E-state index in [0.29, 0.717) is 11.7 Å². The maximum Gasteiger partial charge on any atom is 0.226 e. The molecule has 0 atom stereocenters. The Morgan fingerprint density at radius 2 is 2.07 bits per heavy atom. The monoisotopic (exact) mass is 396 g/mol. The van der Waals surface area contributed by atoms with E-state index in [0.717, 1.165) is 35.1 Å². The second-order valence-corrected chi connectivity index (χ2v) is 7.59. The first kappa shape index (κ1) is 17.6. The Labute approximate surface area is 164 Å². The summed E-state index contributed by atoms with van der Waals surface area (Å²) in [4.78, 5) is 14.0. The highest BCUT2D eigenvalue weighted by molar-refractivity contribution is 7.99. The van der Waals surface area contributed by atoms with Crippen LogP contribution in [0.3, 0.4) is 0 Å². The molecule has 7 nitrogen and oxygen atoms in total. The van der Waals surface area contributed by atoms with Gasteiger partial charge in [0.2, 0.25) is 16.9 Å². The van der Waals surface area contributed by atoms with Crippen LogP contribution in [0.5, 0.6) is 0 Å². The van der Waals surface area contributed by atoms with Gasteiger partial charge in [0.25, 0.3) is 0 Å². The summed E-state index contributed by atoms with van der Waals surface area (Å²) < 4.78 is 5.31. The molecule has 136 valence electrons. The Hall–Kier alpha value is -2.78. The molecule has 0 saturated carbocycles. The fourth-order valence-corrected chi connectivity index (χ4v) is 3.67. The molecule has 9 heteroatoms. The van der Waals surface area contributed by atoms with Crippen molar-refractivity contribution in [2.75, 3.05) is 5.75 Å². The van der Waals surface area contributed by atoms with Crippen LogP contribution >= 0.6 is 23.1 Å². The topological polar surface area (TPSA) is 93.4 Å². The molecule has 4 heterocycles. The van der Waals surface area contributed by atoms with Gasteiger partial charge in [-0.3, -0.25) is 10.1 Å². The summed E-state index contributed by atoms with van der Waals surface area (Å²) in [7, 11) is 0. The van der Waals surface area contributed by atoms with Gasteiger partial charge in [0.05, 0.1) is 0 Å². The summed E-state index contributed by atoms with van der Waals surface area (Å²) in [6.07, 6.45) is 9.00. The fraction of sp³-hybridized carbons (Fsp3) is 0.167. The molecule has 0 radical (unpaired) electrons. The molecule has 0 fully saturated rings. The van der Waals surface area contributed by atoms with Gasteiger partial charge in [0.1, 0.15) is 5.82 Å². The Bertz CT molecular complexity index is 994. The average molecular weight is 397 g/mol. The highest BCUT2D eigenvalue weighted by atomic mass is 32.2. The molecule has 0 saturated heterocycles. The molecule has 0 aliphatic rings. The van der Waals surface area contributed by atoms with Crippen LogP contribution in [0, 0.1) is 0 Å². The van der Waals surface area contributed by atoms with Crippen LogP contribution < -0.4 is 0 Å². The quantitative estimate of drug-likeness (QED) is 0.352. The Morgan fingerprint density at radius 1 is 1.15 bits per heavy atom. The number of thioether (sulfide) groups is 1. The molecule has 27 heavy (non-hydrogen) atoms. The minimum atomic E-state index is 0.594. The zero-order valence-electron chi connectivity index (χ0n) is 14.3. The lowest BCUT2D eigenvalue weighted by Gasteiger charge is -1.94. The van der Waals surface area contributed by atoms with Crippen molar-refractivity contribution in [3.63, 3.8) is 0 Å². The van der Waals surface area contributed by atoms with Crippen molar-refractivity contribution >= 4 is 35.3 Å². The number of aromatic nitrogens is 6. The minimum Gasteiger partial charge on any atom is -0.339 e. The minimum absolute atomic E-state index is 0.594. The maximum absolute atomic E-state index is 5.31. The number of hydrogen-bond donors (Lipinski definition) is 1. The molecule has 4 aromatic heterocycles. The van der Waals surface area contributed by atoms with Gasteiger partial charge in [0.15, 0.2) is 0 Å². The number of hydrogen-bond acceptors (Lipinski definition) is 8. The molecular weight excluding hydrogens is 380 g/mol. The lowest BCUT2D eigenvalue weighted by atomic mass is 10.2. The number of nitrogens with one attached hydrogen (secondary N) is 1. The number of thiophene rings is 1. The van der Waals surface area contributed by atoms with Crippen molar-refractivity contribution in [2.45, 2.75) is 18.0 Å². The van der Waals surface area contributed by atoms with Gasteiger partial charge in [-0.05, 0) is 42.2 Å². The van der Waals surface area contributed by atoms with E-state index in [2.05, 4.69) is 36.4 Å². The molecule has 0 aliphatic carbocycles. The van der Waals surface area contributed by atoms with Crippen molar-refractivity contribution in [1.29, 1.82) is 0 Å². The summed E-state index contributed by atoms with van der Waals surface area (Å²) in [6, 6.07) is 7.80. The van der Waals surface area contributed by atoms with Crippen LogP contribution in [0.4, 0.5) is 0 Å². The van der Waals surface area contributed by atoms with E-state index >= 15 is 0 Å². The number of H-pyrrole nitrogens is 1. The first-order valence-corrected chi connectivity index (χ1v) is 10.2. The van der Waals surface area contributed by atoms with Crippen LogP contribution in [0.2, 0.25) is 0 Å². The summed E-state index contributed by atoms with van der Waals surface area (Å²) in [6.45, 7) is 0. The van der Waals surface area contributed by atoms with Crippen molar-refractivity contribution in [2.24, 2.45) is 0 Å². The van der Waals surface area contributed by atoms with Crippen LogP contribution in [0.1, 0.15) is 23.0 Å². The lowest BCUT2D eigenvalue weighted by molar-refractivity contribution is 0.378. The molecule has 0 bridgehead atoms. The molecule has 0 unspecified atom stereocenters. The number of rotatable bonds is 8. The zero-order chi connectivity index (χ0) is 18.3. The molecular formula is C18H16N6OS2. The highest BCUT2D eigenvalue weighted by Gasteiger charge is 2.08. The van der Waals surface area contributed by atoms with Crippen molar-refractivity contribution in [3.8, 4) is 11.4 Å². The van der Waals surface area contributed by atoms with E-state index in [9.17, 15) is 0 Å². The predicted octanol–water partition coefficient (Wildman–Crippen LogP) is 4.21. The van der Waals surface area contributed by atoms with E-state index < -0.39 is 0 Å². The molecule has 0 aliphatic heterocycles. The molecule has 0 amide bonds. The van der Waals surface area contributed by atoms with Crippen LogP contribution in [0.15, 0.2) is 51.7 Å². The van der Waals surface area contributed by atoms with Gasteiger partial charge in [0, 0.05) is 35.0 Å². The molecule has 0 spiro atoms. The molecule has 4 rings (SSSR count). The standard InChI is InChI=1S/C18H16N6OS2/c1-3-14(26-11-1)5-6-15-20-18(23-22-15)27-12-2-4-16-21-17(24-25-16)13-7-9-19-10-8-13/h1,3,5-11H,2,4,12H2,(H,20,22,23)/b6-5+. The van der Waals surface area contributed by atoms with E-state index in [1.165, 1.54) is 4.88 Å². The Kier molecular flexibility index (Phi) is 5.70. The third-order valence-corrected chi connectivity index (χ3v) is 5.37. The number of aryl methyl sites for hydroxylation is 1. The SMILES string of the molecule is C(=C\c1cccs1)/c1nc(SCCCc2nc(-c3ccncc3)no2)n[nH]1. The Balaban J connectivity index is 1.23. The van der Waals surface area contributed by atoms with Gasteiger partial charge in [-0.15, -0.1) is 16.4 Å². The largest absolute Gasteiger partial charge is 0.339 e. The second-order valence-electron chi connectivity index (χ2n) is 5.55. The normalized spacial score (nSPS) is 11.4. The van der Waals surface area contributed by atoms with Gasteiger partial charge >= 0.3 is 0 Å². The van der Waals surface area contributed by atoms with Gasteiger partial charge in [-0.2, -0.15) is 4.98 Å². The predicted molar refractivity (Wildman–Crippen MR) is 106 cm³/mol. The Morgan fingerprint density at radius 3 is 2.93 bits per heavy atom. The second kappa shape index (κ2) is 8.74. The van der Waals surface area contributed by atoms with Crippen molar-refractivity contribution in [1.82, 2.24) is 30.3 Å². The van der Waals surface area contributed by atoms with Crippen LogP contribution in [0.25, 0.3) is 23.5 Å². The molecule has 1 N–H and O–H groups in total. The van der Waals surface area contributed by atoms with Gasteiger partial charge in [-0.25, -0.2) is 4.98 Å². The van der Waals surface area contributed by atoms with Crippen LogP contribution in [-0.2, 0) is 6.42 Å². The number of nitrogens with zero attached hydrogens (tertiary/aromatic N) is 5. The third kappa shape index (κ3) is 4.89. The van der Waals surface area contributed by atoms with E-state index in [4.69, 9.17) is 4.52 Å². The molecule has 0 aromatic carbocycles.